The summed E-state index contributed by atoms with van der Waals surface area (Å²) >= 11 is 0. The molecular formula is C14H20N2O3. The van der Waals surface area contributed by atoms with Gasteiger partial charge in [-0.2, -0.15) is 0 Å². The van der Waals surface area contributed by atoms with E-state index in [2.05, 4.69) is 10.6 Å². The Morgan fingerprint density at radius 2 is 2.00 bits per heavy atom. The van der Waals surface area contributed by atoms with Gasteiger partial charge in [0, 0.05) is 11.6 Å². The van der Waals surface area contributed by atoms with Crippen molar-refractivity contribution >= 4 is 11.8 Å². The minimum atomic E-state index is -0.294. The minimum Gasteiger partial charge on any atom is -0.496 e. The lowest BCUT2D eigenvalue weighted by Crippen LogP contribution is -2.39. The second-order valence-electron chi connectivity index (χ2n) is 4.59. The fourth-order valence-electron chi connectivity index (χ4n) is 1.60. The minimum absolute atomic E-state index is 0.0345. The zero-order valence-corrected chi connectivity index (χ0v) is 11.7. The third-order valence-electron chi connectivity index (χ3n) is 2.53. The summed E-state index contributed by atoms with van der Waals surface area (Å²) in [6, 6.07) is 5.23. The van der Waals surface area contributed by atoms with Gasteiger partial charge in [0.2, 0.25) is 5.91 Å². The van der Waals surface area contributed by atoms with Crippen LogP contribution < -0.4 is 15.4 Å². The SMILES string of the molecule is COc1cc(C(=O)NCC(=O)NC(C)C)ccc1C. The highest BCUT2D eigenvalue weighted by molar-refractivity contribution is 5.96. The molecule has 2 amide bonds. The molecule has 0 atom stereocenters. The van der Waals surface area contributed by atoms with Gasteiger partial charge in [-0.1, -0.05) is 6.07 Å². The monoisotopic (exact) mass is 264 g/mol. The van der Waals surface area contributed by atoms with Gasteiger partial charge in [-0.25, -0.2) is 0 Å². The Morgan fingerprint density at radius 1 is 1.32 bits per heavy atom. The zero-order valence-electron chi connectivity index (χ0n) is 11.7. The van der Waals surface area contributed by atoms with Crippen molar-refractivity contribution in [2.45, 2.75) is 26.8 Å². The van der Waals surface area contributed by atoms with Gasteiger partial charge in [-0.05, 0) is 38.5 Å². The number of carbonyl (C=O) groups is 2. The highest BCUT2D eigenvalue weighted by Gasteiger charge is 2.10. The lowest BCUT2D eigenvalue weighted by Gasteiger charge is -2.10. The summed E-state index contributed by atoms with van der Waals surface area (Å²) in [6.45, 7) is 5.60. The Balaban J connectivity index is 2.61. The van der Waals surface area contributed by atoms with Gasteiger partial charge in [0.25, 0.3) is 5.91 Å². The number of nitrogens with one attached hydrogen (secondary N) is 2. The standard InChI is InChI=1S/C14H20N2O3/c1-9(2)16-13(17)8-15-14(18)11-6-5-10(3)12(7-11)19-4/h5-7,9H,8H2,1-4H3,(H,15,18)(H,16,17). The maximum Gasteiger partial charge on any atom is 0.251 e. The van der Waals surface area contributed by atoms with Gasteiger partial charge in [0.15, 0.2) is 0 Å². The van der Waals surface area contributed by atoms with E-state index >= 15 is 0 Å². The predicted octanol–water partition coefficient (Wildman–Crippen LogP) is 1.26. The normalized spacial score (nSPS) is 10.2. The van der Waals surface area contributed by atoms with E-state index in [4.69, 9.17) is 4.74 Å². The van der Waals surface area contributed by atoms with Gasteiger partial charge < -0.3 is 15.4 Å². The highest BCUT2D eigenvalue weighted by atomic mass is 16.5. The number of amides is 2. The van der Waals surface area contributed by atoms with Gasteiger partial charge in [-0.3, -0.25) is 9.59 Å². The molecule has 0 fully saturated rings. The first-order valence-corrected chi connectivity index (χ1v) is 6.16. The lowest BCUT2D eigenvalue weighted by molar-refractivity contribution is -0.120. The van der Waals surface area contributed by atoms with Crippen molar-refractivity contribution in [2.75, 3.05) is 13.7 Å². The quantitative estimate of drug-likeness (QED) is 0.841. The fraction of sp³-hybridized carbons (Fsp3) is 0.429. The fourth-order valence-corrected chi connectivity index (χ4v) is 1.60. The Bertz CT molecular complexity index is 470. The van der Waals surface area contributed by atoms with Crippen LogP contribution in [0.25, 0.3) is 0 Å². The summed E-state index contributed by atoms with van der Waals surface area (Å²) in [6.07, 6.45) is 0. The van der Waals surface area contributed by atoms with E-state index in [0.29, 0.717) is 11.3 Å². The van der Waals surface area contributed by atoms with Crippen LogP contribution >= 0.6 is 0 Å². The first kappa shape index (κ1) is 15.0. The van der Waals surface area contributed by atoms with E-state index in [0.717, 1.165) is 5.56 Å². The number of methoxy groups -OCH3 is 1. The second kappa shape index (κ2) is 6.78. The highest BCUT2D eigenvalue weighted by Crippen LogP contribution is 2.18. The van der Waals surface area contributed by atoms with Crippen LogP contribution in [0.3, 0.4) is 0 Å². The number of ether oxygens (including phenoxy) is 1. The molecule has 1 aromatic carbocycles. The molecule has 2 N–H and O–H groups in total. The predicted molar refractivity (Wildman–Crippen MR) is 73.3 cm³/mol. The zero-order chi connectivity index (χ0) is 14.4. The molecule has 5 nitrogen and oxygen atoms in total. The van der Waals surface area contributed by atoms with E-state index < -0.39 is 0 Å². The van der Waals surface area contributed by atoms with Crippen LogP contribution in [0.15, 0.2) is 18.2 Å². The Kier molecular flexibility index (Phi) is 5.36. The first-order chi connectivity index (χ1) is 8.93. The average molecular weight is 264 g/mol. The topological polar surface area (TPSA) is 67.4 Å². The van der Waals surface area contributed by atoms with Crippen molar-refractivity contribution in [2.24, 2.45) is 0 Å². The number of benzene rings is 1. The summed E-state index contributed by atoms with van der Waals surface area (Å²) in [5, 5.41) is 5.27. The molecule has 0 heterocycles. The third kappa shape index (κ3) is 4.62. The van der Waals surface area contributed by atoms with Crippen LogP contribution in [0.1, 0.15) is 29.8 Å². The molecule has 1 aromatic rings. The van der Waals surface area contributed by atoms with Gasteiger partial charge >= 0.3 is 0 Å². The molecule has 1 rings (SSSR count). The molecule has 0 aromatic heterocycles. The molecule has 19 heavy (non-hydrogen) atoms. The van der Waals surface area contributed by atoms with Crippen LogP contribution in [0.4, 0.5) is 0 Å². The summed E-state index contributed by atoms with van der Waals surface area (Å²) in [5.41, 5.74) is 1.43. The van der Waals surface area contributed by atoms with Crippen LogP contribution in [0.5, 0.6) is 5.75 Å². The first-order valence-electron chi connectivity index (χ1n) is 6.16. The van der Waals surface area contributed by atoms with Crippen molar-refractivity contribution in [3.63, 3.8) is 0 Å². The van der Waals surface area contributed by atoms with Crippen molar-refractivity contribution < 1.29 is 14.3 Å². The van der Waals surface area contributed by atoms with E-state index in [1.807, 2.05) is 26.8 Å². The van der Waals surface area contributed by atoms with Crippen molar-refractivity contribution in [1.29, 1.82) is 0 Å². The number of carbonyl (C=O) groups excluding carboxylic acids is 2. The largest absolute Gasteiger partial charge is 0.496 e. The molecule has 0 unspecified atom stereocenters. The molecule has 104 valence electrons. The van der Waals surface area contributed by atoms with Crippen molar-refractivity contribution in [3.05, 3.63) is 29.3 Å². The third-order valence-corrected chi connectivity index (χ3v) is 2.53. The maximum absolute atomic E-state index is 11.9. The van der Waals surface area contributed by atoms with E-state index in [1.165, 1.54) is 0 Å². The molecule has 0 aliphatic rings. The average Bonchev–Trinajstić information content (AvgIpc) is 2.35. The number of aryl methyl sites for hydroxylation is 1. The Hall–Kier alpha value is -2.04. The molecular weight excluding hydrogens is 244 g/mol. The van der Waals surface area contributed by atoms with Gasteiger partial charge in [0.1, 0.15) is 5.75 Å². The van der Waals surface area contributed by atoms with Crippen molar-refractivity contribution in [3.8, 4) is 5.75 Å². The van der Waals surface area contributed by atoms with Crippen LogP contribution in [-0.4, -0.2) is 31.5 Å². The smallest absolute Gasteiger partial charge is 0.251 e. The van der Waals surface area contributed by atoms with Crippen LogP contribution in [0.2, 0.25) is 0 Å². The Labute approximate surface area is 113 Å². The molecule has 0 radical (unpaired) electrons. The molecule has 0 aliphatic carbocycles. The lowest BCUT2D eigenvalue weighted by atomic mass is 10.1. The van der Waals surface area contributed by atoms with Crippen LogP contribution in [-0.2, 0) is 4.79 Å². The van der Waals surface area contributed by atoms with E-state index in [1.54, 1.807) is 19.2 Å². The summed E-state index contributed by atoms with van der Waals surface area (Å²) in [7, 11) is 1.56. The van der Waals surface area contributed by atoms with Crippen LogP contribution in [0, 0.1) is 6.92 Å². The van der Waals surface area contributed by atoms with Crippen molar-refractivity contribution in [1.82, 2.24) is 10.6 Å². The summed E-state index contributed by atoms with van der Waals surface area (Å²) in [4.78, 5) is 23.3. The summed E-state index contributed by atoms with van der Waals surface area (Å²) < 4.78 is 5.15. The summed E-state index contributed by atoms with van der Waals surface area (Å²) in [5.74, 6) is 0.152. The van der Waals surface area contributed by atoms with E-state index in [9.17, 15) is 9.59 Å². The molecule has 0 saturated carbocycles. The number of hydrogen-bond donors (Lipinski definition) is 2. The van der Waals surface area contributed by atoms with Gasteiger partial charge in [0.05, 0.1) is 13.7 Å². The van der Waals surface area contributed by atoms with E-state index in [-0.39, 0.29) is 24.4 Å². The molecule has 0 saturated heterocycles. The number of hydrogen-bond acceptors (Lipinski definition) is 3. The Morgan fingerprint density at radius 3 is 2.58 bits per heavy atom. The van der Waals surface area contributed by atoms with Gasteiger partial charge in [-0.15, -0.1) is 0 Å². The molecule has 5 heteroatoms. The molecule has 0 aliphatic heterocycles. The maximum atomic E-state index is 11.9. The second-order valence-corrected chi connectivity index (χ2v) is 4.59. The molecule has 0 spiro atoms. The number of rotatable bonds is 5. The molecule has 0 bridgehead atoms.